The second-order valence-corrected chi connectivity index (χ2v) is 27.2. The molecule has 0 fully saturated rings. The van der Waals surface area contributed by atoms with Crippen LogP contribution in [0.2, 0.25) is 0 Å². The molecule has 0 saturated heterocycles. The zero-order chi connectivity index (χ0) is 50.7. The quantitative estimate of drug-likeness (QED) is 0.0825. The maximum Gasteiger partial charge on any atom is 0.179 e. The number of para-hydroxylation sites is 2. The molecular weight excluding hydrogens is 949 g/mol. The van der Waals surface area contributed by atoms with Crippen LogP contribution in [0.5, 0.6) is 0 Å². The molecule has 360 valence electrons. The Balaban J connectivity index is 0.964. The molecule has 4 heteroatoms. The molecule has 0 radical (unpaired) electrons. The molecule has 0 atom stereocenters. The second-order valence-electron chi connectivity index (χ2n) is 19.6. The van der Waals surface area contributed by atoms with E-state index in [1.807, 2.05) is 0 Å². The van der Waals surface area contributed by atoms with E-state index in [0.717, 1.165) is 22.7 Å². The van der Waals surface area contributed by atoms with Crippen LogP contribution < -0.4 is 46.4 Å². The van der Waals surface area contributed by atoms with E-state index in [4.69, 9.17) is 0 Å². The summed E-state index contributed by atoms with van der Waals surface area (Å²) in [5, 5.41) is 13.3. The van der Waals surface area contributed by atoms with E-state index in [2.05, 4.69) is 337 Å². The third-order valence-electron chi connectivity index (χ3n) is 15.5. The highest BCUT2D eigenvalue weighted by atomic mass is 28.3. The Kier molecular flexibility index (Phi) is 12.3. The Morgan fingerprint density at radius 2 is 0.513 bits per heavy atom. The number of benzene rings is 12. The summed E-state index contributed by atoms with van der Waals surface area (Å²) < 4.78 is 2.38. The fourth-order valence-corrected chi connectivity index (χ4v) is 21.6. The minimum atomic E-state index is -2.76. The molecule has 13 aromatic rings. The normalized spacial score (nSPS) is 11.7. The van der Waals surface area contributed by atoms with Gasteiger partial charge in [-0.1, -0.05) is 261 Å². The summed E-state index contributed by atoms with van der Waals surface area (Å²) in [5.41, 5.74) is 9.18. The molecule has 76 heavy (non-hydrogen) atoms. The van der Waals surface area contributed by atoms with Crippen molar-refractivity contribution in [2.24, 2.45) is 0 Å². The van der Waals surface area contributed by atoms with Crippen LogP contribution >= 0.6 is 0 Å². The van der Waals surface area contributed by atoms with E-state index in [1.54, 1.807) is 0 Å². The third kappa shape index (κ3) is 8.03. The molecule has 0 aliphatic heterocycles. The number of rotatable bonds is 13. The van der Waals surface area contributed by atoms with Crippen molar-refractivity contribution >= 4 is 96.5 Å². The van der Waals surface area contributed by atoms with Crippen molar-refractivity contribution in [1.29, 1.82) is 0 Å². The Labute approximate surface area is 447 Å². The van der Waals surface area contributed by atoms with Gasteiger partial charge in [0.25, 0.3) is 0 Å². The molecule has 13 rings (SSSR count). The maximum atomic E-state index is 2.43. The highest BCUT2D eigenvalue weighted by Crippen LogP contribution is 2.38. The van der Waals surface area contributed by atoms with Gasteiger partial charge in [-0.05, 0) is 119 Å². The number of aromatic nitrogens is 1. The van der Waals surface area contributed by atoms with Crippen LogP contribution in [0.3, 0.4) is 0 Å². The molecule has 0 N–H and O–H groups in total. The van der Waals surface area contributed by atoms with Gasteiger partial charge in [0, 0.05) is 33.5 Å². The highest BCUT2D eigenvalue weighted by molar-refractivity contribution is 7.20. The van der Waals surface area contributed by atoms with Crippen molar-refractivity contribution in [3.63, 3.8) is 0 Å². The van der Waals surface area contributed by atoms with Gasteiger partial charge in [0.2, 0.25) is 0 Å². The molecule has 0 bridgehead atoms. The average molecular weight is 1000 g/mol. The highest BCUT2D eigenvalue weighted by Gasteiger charge is 2.43. The van der Waals surface area contributed by atoms with Gasteiger partial charge in [-0.2, -0.15) is 0 Å². The van der Waals surface area contributed by atoms with E-state index in [0.29, 0.717) is 0 Å². The van der Waals surface area contributed by atoms with Crippen LogP contribution in [0.4, 0.5) is 17.1 Å². The van der Waals surface area contributed by atoms with Crippen LogP contribution in [0.1, 0.15) is 0 Å². The van der Waals surface area contributed by atoms with Crippen LogP contribution in [0.25, 0.3) is 38.6 Å². The van der Waals surface area contributed by atoms with Crippen molar-refractivity contribution in [2.75, 3.05) is 4.90 Å². The number of hydrogen-bond acceptors (Lipinski definition) is 1. The molecular formula is C72H54N2Si2. The minimum Gasteiger partial charge on any atom is -0.311 e. The summed E-state index contributed by atoms with van der Waals surface area (Å²) in [7, 11) is -5.51. The molecule has 0 aliphatic rings. The fourth-order valence-electron chi connectivity index (χ4n) is 12.1. The van der Waals surface area contributed by atoms with Gasteiger partial charge < -0.3 is 9.47 Å². The van der Waals surface area contributed by atoms with Crippen molar-refractivity contribution in [3.8, 4) is 16.8 Å². The topological polar surface area (TPSA) is 8.17 Å². The molecule has 1 aromatic heterocycles. The van der Waals surface area contributed by atoms with Gasteiger partial charge in [-0.3, -0.25) is 0 Å². The lowest BCUT2D eigenvalue weighted by Crippen LogP contribution is -2.74. The average Bonchev–Trinajstić information content (AvgIpc) is 3.94. The fraction of sp³-hybridized carbons (Fsp3) is 0. The molecule has 0 aliphatic carbocycles. The molecule has 12 aromatic carbocycles. The summed E-state index contributed by atoms with van der Waals surface area (Å²) in [4.78, 5) is 2.43. The van der Waals surface area contributed by atoms with Crippen molar-refractivity contribution < 1.29 is 0 Å². The monoisotopic (exact) mass is 1000 g/mol. The van der Waals surface area contributed by atoms with E-state index < -0.39 is 16.1 Å². The number of nitrogens with zero attached hydrogens (tertiary/aromatic N) is 2. The predicted molar refractivity (Wildman–Crippen MR) is 328 cm³/mol. The SMILES string of the molecule is c1ccc(-n2c3ccccc3c3cc(-c4ccc(N(c5ccc([Si](c6ccccc6)(c6ccccc6)c6ccccc6)cc5)c5ccc([Si](c6ccccc6)(c6ccccc6)c6ccccc6)cc5)cc4)ccc32)cc1. The van der Waals surface area contributed by atoms with Gasteiger partial charge in [0.1, 0.15) is 0 Å². The standard InChI is InChI=1S/C72H54N2Si2/c1-8-24-57(25-9-1)74-71-39-23-22-38-69(71)70-54-56(42-53-72(70)74)55-40-43-58(44-41-55)73(59-45-49-67(50-46-59)75(61-26-10-2-11-27-61,62-28-12-3-13-29-62)63-30-14-4-15-31-63)60-47-51-68(52-48-60)76(64-32-16-5-17-33-64,65-34-18-6-19-35-65)66-36-20-7-21-37-66/h1-54H. The maximum absolute atomic E-state index is 2.76. The van der Waals surface area contributed by atoms with E-state index in [-0.39, 0.29) is 0 Å². The van der Waals surface area contributed by atoms with Gasteiger partial charge in [-0.25, -0.2) is 0 Å². The first kappa shape index (κ1) is 46.5. The molecule has 2 nitrogen and oxygen atoms in total. The summed E-state index contributed by atoms with van der Waals surface area (Å²) in [6.45, 7) is 0. The zero-order valence-electron chi connectivity index (χ0n) is 42.1. The van der Waals surface area contributed by atoms with Crippen molar-refractivity contribution in [3.05, 3.63) is 328 Å². The summed E-state index contributed by atoms with van der Waals surface area (Å²) >= 11 is 0. The van der Waals surface area contributed by atoms with Gasteiger partial charge in [0.15, 0.2) is 16.1 Å². The van der Waals surface area contributed by atoms with Crippen LogP contribution in [-0.2, 0) is 0 Å². The lowest BCUT2D eigenvalue weighted by Gasteiger charge is -2.35. The first-order valence-corrected chi connectivity index (χ1v) is 30.2. The minimum absolute atomic E-state index is 1.08. The van der Waals surface area contributed by atoms with E-state index >= 15 is 0 Å². The lowest BCUT2D eigenvalue weighted by atomic mass is 10.0. The van der Waals surface area contributed by atoms with Crippen LogP contribution in [0.15, 0.2) is 328 Å². The Morgan fingerprint density at radius 3 is 0.895 bits per heavy atom. The van der Waals surface area contributed by atoms with Crippen LogP contribution in [-0.4, -0.2) is 20.7 Å². The third-order valence-corrected chi connectivity index (χ3v) is 25.1. The van der Waals surface area contributed by atoms with Gasteiger partial charge in [0.05, 0.1) is 11.0 Å². The first-order chi connectivity index (χ1) is 37.7. The molecule has 0 unspecified atom stereocenters. The molecule has 0 amide bonds. The number of hydrogen-bond donors (Lipinski definition) is 0. The number of anilines is 3. The zero-order valence-corrected chi connectivity index (χ0v) is 44.1. The smallest absolute Gasteiger partial charge is 0.179 e. The predicted octanol–water partition coefficient (Wildman–Crippen LogP) is 12.7. The Bertz CT molecular complexity index is 3680. The van der Waals surface area contributed by atoms with Crippen LogP contribution in [0, 0.1) is 0 Å². The van der Waals surface area contributed by atoms with Gasteiger partial charge >= 0.3 is 0 Å². The van der Waals surface area contributed by atoms with E-state index in [1.165, 1.54) is 74.4 Å². The first-order valence-electron chi connectivity index (χ1n) is 26.2. The van der Waals surface area contributed by atoms with Crippen molar-refractivity contribution in [2.45, 2.75) is 0 Å². The Morgan fingerprint density at radius 1 is 0.224 bits per heavy atom. The summed E-state index contributed by atoms with van der Waals surface area (Å²) in [6.07, 6.45) is 0. The Hall–Kier alpha value is -9.33. The van der Waals surface area contributed by atoms with Crippen molar-refractivity contribution in [1.82, 2.24) is 4.57 Å². The molecule has 1 heterocycles. The summed E-state index contributed by atoms with van der Waals surface area (Å²) in [6, 6.07) is 122. The largest absolute Gasteiger partial charge is 0.311 e. The molecule has 0 spiro atoms. The van der Waals surface area contributed by atoms with Gasteiger partial charge in [-0.15, -0.1) is 0 Å². The lowest BCUT2D eigenvalue weighted by molar-refractivity contribution is 1.18. The molecule has 0 saturated carbocycles. The second kappa shape index (κ2) is 20.2. The number of fused-ring (bicyclic) bond motifs is 3. The summed E-state index contributed by atoms with van der Waals surface area (Å²) in [5.74, 6) is 0. The van der Waals surface area contributed by atoms with E-state index in [9.17, 15) is 0 Å².